The van der Waals surface area contributed by atoms with Gasteiger partial charge in [-0.2, -0.15) is 0 Å². The summed E-state index contributed by atoms with van der Waals surface area (Å²) < 4.78 is 18.3. The van der Waals surface area contributed by atoms with Crippen molar-refractivity contribution in [2.45, 2.75) is 25.4 Å². The van der Waals surface area contributed by atoms with Crippen LogP contribution in [0.3, 0.4) is 0 Å². The smallest absolute Gasteiger partial charge is 0.126 e. The van der Waals surface area contributed by atoms with Crippen LogP contribution in [0, 0.1) is 5.82 Å². The monoisotopic (exact) mass is 239 g/mol. The SMILES string of the molecule is CC(c1ccc(F)cc1O)N(C)C1CCOC1. The summed E-state index contributed by atoms with van der Waals surface area (Å²) in [5, 5.41) is 9.76. The molecule has 1 heterocycles. The van der Waals surface area contributed by atoms with Gasteiger partial charge in [-0.3, -0.25) is 4.90 Å². The molecule has 94 valence electrons. The molecule has 2 atom stereocenters. The van der Waals surface area contributed by atoms with Crippen molar-refractivity contribution in [3.63, 3.8) is 0 Å². The van der Waals surface area contributed by atoms with Crippen LogP contribution < -0.4 is 0 Å². The predicted octanol–water partition coefficient (Wildman–Crippen LogP) is 2.31. The van der Waals surface area contributed by atoms with Gasteiger partial charge in [0.25, 0.3) is 0 Å². The number of phenols is 1. The lowest BCUT2D eigenvalue weighted by molar-refractivity contribution is 0.137. The van der Waals surface area contributed by atoms with Crippen molar-refractivity contribution >= 4 is 0 Å². The molecule has 0 bridgehead atoms. The number of phenolic OH excluding ortho intramolecular Hbond substituents is 1. The first-order chi connectivity index (χ1) is 8.09. The Morgan fingerprint density at radius 2 is 2.29 bits per heavy atom. The van der Waals surface area contributed by atoms with Crippen LogP contribution in [-0.4, -0.2) is 36.3 Å². The van der Waals surface area contributed by atoms with Crippen LogP contribution in [0.5, 0.6) is 5.75 Å². The van der Waals surface area contributed by atoms with E-state index in [-0.39, 0.29) is 11.8 Å². The van der Waals surface area contributed by atoms with Crippen molar-refractivity contribution < 1.29 is 14.2 Å². The third kappa shape index (κ3) is 2.58. The third-order valence-corrected chi connectivity index (χ3v) is 3.54. The summed E-state index contributed by atoms with van der Waals surface area (Å²) in [6, 6.07) is 4.59. The number of rotatable bonds is 3. The summed E-state index contributed by atoms with van der Waals surface area (Å²) in [4.78, 5) is 2.17. The first-order valence-electron chi connectivity index (χ1n) is 5.87. The van der Waals surface area contributed by atoms with Crippen LogP contribution in [0.4, 0.5) is 4.39 Å². The summed E-state index contributed by atoms with van der Waals surface area (Å²) >= 11 is 0. The summed E-state index contributed by atoms with van der Waals surface area (Å²) in [6.07, 6.45) is 1.00. The Balaban J connectivity index is 2.15. The van der Waals surface area contributed by atoms with Crippen molar-refractivity contribution in [2.24, 2.45) is 0 Å². The van der Waals surface area contributed by atoms with Crippen molar-refractivity contribution in [1.29, 1.82) is 0 Å². The van der Waals surface area contributed by atoms with E-state index < -0.39 is 5.82 Å². The molecule has 1 aliphatic rings. The third-order valence-electron chi connectivity index (χ3n) is 3.54. The van der Waals surface area contributed by atoms with Crippen molar-refractivity contribution in [1.82, 2.24) is 4.90 Å². The zero-order valence-corrected chi connectivity index (χ0v) is 10.2. The Morgan fingerprint density at radius 3 is 2.88 bits per heavy atom. The minimum absolute atomic E-state index is 0.0169. The predicted molar refractivity (Wildman–Crippen MR) is 63.5 cm³/mol. The molecule has 3 nitrogen and oxygen atoms in total. The first kappa shape index (κ1) is 12.3. The molecule has 0 saturated carbocycles. The quantitative estimate of drug-likeness (QED) is 0.878. The molecule has 0 spiro atoms. The molecule has 0 aliphatic carbocycles. The number of ether oxygens (including phenoxy) is 1. The average molecular weight is 239 g/mol. The van der Waals surface area contributed by atoms with Crippen molar-refractivity contribution in [2.75, 3.05) is 20.3 Å². The molecule has 0 amide bonds. The van der Waals surface area contributed by atoms with E-state index >= 15 is 0 Å². The van der Waals surface area contributed by atoms with Gasteiger partial charge in [-0.1, -0.05) is 6.07 Å². The molecule has 4 heteroatoms. The average Bonchev–Trinajstić information content (AvgIpc) is 2.80. The van der Waals surface area contributed by atoms with Gasteiger partial charge in [0.2, 0.25) is 0 Å². The molecule has 1 aromatic carbocycles. The molecule has 2 rings (SSSR count). The topological polar surface area (TPSA) is 32.7 Å². The van der Waals surface area contributed by atoms with Gasteiger partial charge in [-0.25, -0.2) is 4.39 Å². The molecule has 1 N–H and O–H groups in total. The van der Waals surface area contributed by atoms with Gasteiger partial charge in [-0.05, 0) is 26.5 Å². The largest absolute Gasteiger partial charge is 0.508 e. The first-order valence-corrected chi connectivity index (χ1v) is 5.87. The second-order valence-corrected chi connectivity index (χ2v) is 4.56. The van der Waals surface area contributed by atoms with Crippen molar-refractivity contribution in [3.8, 4) is 5.75 Å². The van der Waals surface area contributed by atoms with Crippen LogP contribution >= 0.6 is 0 Å². The molecule has 1 saturated heterocycles. The summed E-state index contributed by atoms with van der Waals surface area (Å²) in [6.45, 7) is 3.52. The number of likely N-dealkylation sites (N-methyl/N-ethyl adjacent to an activating group) is 1. The van der Waals surface area contributed by atoms with Crippen LogP contribution in [0.15, 0.2) is 18.2 Å². The van der Waals surface area contributed by atoms with Gasteiger partial charge < -0.3 is 9.84 Å². The van der Waals surface area contributed by atoms with E-state index in [1.807, 2.05) is 14.0 Å². The summed E-state index contributed by atoms with van der Waals surface area (Å²) in [5.74, 6) is -0.395. The van der Waals surface area contributed by atoms with E-state index in [0.717, 1.165) is 31.3 Å². The molecule has 1 aliphatic heterocycles. The highest BCUT2D eigenvalue weighted by atomic mass is 19.1. The van der Waals surface area contributed by atoms with Crippen LogP contribution in [0.25, 0.3) is 0 Å². The number of hydrogen-bond donors (Lipinski definition) is 1. The lowest BCUT2D eigenvalue weighted by atomic mass is 10.0. The zero-order chi connectivity index (χ0) is 12.4. The van der Waals surface area contributed by atoms with E-state index in [4.69, 9.17) is 4.74 Å². The lowest BCUT2D eigenvalue weighted by Gasteiger charge is -2.30. The Bertz CT molecular complexity index is 391. The molecule has 0 aromatic heterocycles. The molecular formula is C13H18FNO2. The second kappa shape index (κ2) is 5.02. The Kier molecular flexibility index (Phi) is 3.64. The van der Waals surface area contributed by atoms with Crippen LogP contribution in [0.2, 0.25) is 0 Å². The van der Waals surface area contributed by atoms with Gasteiger partial charge in [-0.15, -0.1) is 0 Å². The van der Waals surface area contributed by atoms with Crippen LogP contribution in [0.1, 0.15) is 24.9 Å². The maximum absolute atomic E-state index is 12.9. The molecule has 1 fully saturated rings. The molecule has 2 unspecified atom stereocenters. The highest BCUT2D eigenvalue weighted by Crippen LogP contribution is 2.30. The maximum Gasteiger partial charge on any atom is 0.126 e. The standard InChI is InChI=1S/C13H18FNO2/c1-9(15(2)11-5-6-17-8-11)12-4-3-10(14)7-13(12)16/h3-4,7,9,11,16H,5-6,8H2,1-2H3. The van der Waals surface area contributed by atoms with E-state index in [1.54, 1.807) is 6.07 Å². The van der Waals surface area contributed by atoms with E-state index in [0.29, 0.717) is 6.04 Å². The zero-order valence-electron chi connectivity index (χ0n) is 10.2. The number of halogens is 1. The Hall–Kier alpha value is -1.13. The van der Waals surface area contributed by atoms with Gasteiger partial charge >= 0.3 is 0 Å². The molecule has 0 radical (unpaired) electrons. The fraction of sp³-hybridized carbons (Fsp3) is 0.538. The highest BCUT2D eigenvalue weighted by molar-refractivity contribution is 5.35. The van der Waals surface area contributed by atoms with Gasteiger partial charge in [0.15, 0.2) is 0 Å². The number of benzene rings is 1. The van der Waals surface area contributed by atoms with E-state index in [2.05, 4.69) is 4.90 Å². The maximum atomic E-state index is 12.9. The number of nitrogens with zero attached hydrogens (tertiary/aromatic N) is 1. The molecule has 17 heavy (non-hydrogen) atoms. The Labute approximate surface area is 101 Å². The summed E-state index contributed by atoms with van der Waals surface area (Å²) in [7, 11) is 2.01. The fourth-order valence-electron chi connectivity index (χ4n) is 2.25. The van der Waals surface area contributed by atoms with Crippen LogP contribution in [-0.2, 0) is 4.74 Å². The normalized spacial score (nSPS) is 22.0. The lowest BCUT2D eigenvalue weighted by Crippen LogP contribution is -2.34. The van der Waals surface area contributed by atoms with Gasteiger partial charge in [0.1, 0.15) is 11.6 Å². The van der Waals surface area contributed by atoms with E-state index in [1.165, 1.54) is 6.07 Å². The highest BCUT2D eigenvalue weighted by Gasteiger charge is 2.25. The fourth-order valence-corrected chi connectivity index (χ4v) is 2.25. The minimum atomic E-state index is -0.412. The van der Waals surface area contributed by atoms with Gasteiger partial charge in [0.05, 0.1) is 6.61 Å². The number of hydrogen-bond acceptors (Lipinski definition) is 3. The van der Waals surface area contributed by atoms with Gasteiger partial charge in [0, 0.05) is 30.3 Å². The molecule has 1 aromatic rings. The number of aromatic hydroxyl groups is 1. The molecular weight excluding hydrogens is 221 g/mol. The minimum Gasteiger partial charge on any atom is -0.508 e. The van der Waals surface area contributed by atoms with Crippen molar-refractivity contribution in [3.05, 3.63) is 29.6 Å². The Morgan fingerprint density at radius 1 is 1.53 bits per heavy atom. The second-order valence-electron chi connectivity index (χ2n) is 4.56. The van der Waals surface area contributed by atoms with E-state index in [9.17, 15) is 9.50 Å². The summed E-state index contributed by atoms with van der Waals surface area (Å²) in [5.41, 5.74) is 0.751.